The minimum atomic E-state index is 0.0954. The zero-order chi connectivity index (χ0) is 12.8. The maximum Gasteiger partial charge on any atom is 0.196 e. The van der Waals surface area contributed by atoms with Crippen LogP contribution in [0, 0.1) is 5.92 Å². The summed E-state index contributed by atoms with van der Waals surface area (Å²) in [6.45, 7) is 3.08. The van der Waals surface area contributed by atoms with Gasteiger partial charge in [-0.15, -0.1) is 0 Å². The van der Waals surface area contributed by atoms with Crippen molar-refractivity contribution >= 4 is 11.6 Å². The van der Waals surface area contributed by atoms with Gasteiger partial charge in [-0.25, -0.2) is 0 Å². The highest BCUT2D eigenvalue weighted by molar-refractivity contribution is 5.99. The van der Waals surface area contributed by atoms with Crippen molar-refractivity contribution in [1.29, 1.82) is 0 Å². The van der Waals surface area contributed by atoms with Crippen LogP contribution < -0.4 is 15.4 Å². The van der Waals surface area contributed by atoms with Gasteiger partial charge in [-0.3, -0.25) is 4.99 Å². The van der Waals surface area contributed by atoms with Crippen molar-refractivity contribution < 1.29 is 4.74 Å². The second-order valence-electron chi connectivity index (χ2n) is 5.42. The molecule has 4 nitrogen and oxygen atoms in total. The molecule has 1 aromatic carbocycles. The number of hydrogen-bond donors (Lipinski definition) is 1. The number of methoxy groups -OCH3 is 1. The Hall–Kier alpha value is -1.71. The van der Waals surface area contributed by atoms with Gasteiger partial charge in [0.15, 0.2) is 5.96 Å². The number of ether oxygens (including phenoxy) is 1. The van der Waals surface area contributed by atoms with Crippen molar-refractivity contribution in [2.45, 2.75) is 25.3 Å². The monoisotopic (exact) mass is 245 g/mol. The predicted octanol–water partition coefficient (Wildman–Crippen LogP) is 2.00. The number of nitrogens with two attached hydrogens (primary N) is 1. The molecule has 0 amide bonds. The number of guanidine groups is 1. The van der Waals surface area contributed by atoms with E-state index in [1.54, 1.807) is 7.11 Å². The van der Waals surface area contributed by atoms with Crippen molar-refractivity contribution in [3.05, 3.63) is 24.3 Å². The zero-order valence-electron chi connectivity index (χ0n) is 10.9. The van der Waals surface area contributed by atoms with E-state index >= 15 is 0 Å². The van der Waals surface area contributed by atoms with Gasteiger partial charge in [-0.05, 0) is 30.9 Å². The summed E-state index contributed by atoms with van der Waals surface area (Å²) in [5.41, 5.74) is 7.21. The number of anilines is 1. The third-order valence-corrected chi connectivity index (χ3v) is 4.02. The first kappa shape index (κ1) is 11.4. The largest absolute Gasteiger partial charge is 0.495 e. The van der Waals surface area contributed by atoms with Crippen molar-refractivity contribution in [1.82, 2.24) is 0 Å². The summed E-state index contributed by atoms with van der Waals surface area (Å²) in [5.74, 6) is 2.23. The van der Waals surface area contributed by atoms with Crippen molar-refractivity contribution in [2.75, 3.05) is 18.6 Å². The van der Waals surface area contributed by atoms with Crippen molar-refractivity contribution in [3.8, 4) is 5.75 Å². The third kappa shape index (κ3) is 1.48. The summed E-state index contributed by atoms with van der Waals surface area (Å²) in [6.07, 6.45) is 2.30. The summed E-state index contributed by atoms with van der Waals surface area (Å²) < 4.78 is 5.44. The summed E-state index contributed by atoms with van der Waals surface area (Å²) in [7, 11) is 1.69. The summed E-state index contributed by atoms with van der Waals surface area (Å²) in [5, 5.41) is 0. The number of aliphatic imine (C=N–C) groups is 1. The lowest BCUT2D eigenvalue weighted by atomic mass is 9.68. The van der Waals surface area contributed by atoms with Gasteiger partial charge in [-0.1, -0.05) is 19.1 Å². The molecule has 2 N–H and O–H groups in total. The molecule has 0 atom stereocenters. The zero-order valence-corrected chi connectivity index (χ0v) is 10.9. The van der Waals surface area contributed by atoms with E-state index < -0.39 is 0 Å². The summed E-state index contributed by atoms with van der Waals surface area (Å²) in [4.78, 5) is 6.62. The van der Waals surface area contributed by atoms with E-state index in [-0.39, 0.29) is 5.54 Å². The molecule has 0 saturated heterocycles. The van der Waals surface area contributed by atoms with E-state index in [9.17, 15) is 0 Å². The lowest BCUT2D eigenvalue weighted by Crippen LogP contribution is -2.59. The molecular formula is C14H19N3O. The maximum absolute atomic E-state index is 6.09. The second-order valence-corrected chi connectivity index (χ2v) is 5.42. The Labute approximate surface area is 107 Å². The van der Waals surface area contributed by atoms with Crippen LogP contribution in [-0.2, 0) is 0 Å². The first-order valence-electron chi connectivity index (χ1n) is 6.39. The first-order chi connectivity index (χ1) is 8.66. The van der Waals surface area contributed by atoms with Gasteiger partial charge in [0.05, 0.1) is 24.9 Å². The molecule has 18 heavy (non-hydrogen) atoms. The van der Waals surface area contributed by atoms with E-state index in [2.05, 4.69) is 22.9 Å². The fraction of sp³-hybridized carbons (Fsp3) is 0.500. The number of benzene rings is 1. The molecule has 2 aliphatic rings. The van der Waals surface area contributed by atoms with Crippen molar-refractivity contribution in [2.24, 2.45) is 16.6 Å². The highest BCUT2D eigenvalue weighted by Gasteiger charge is 2.51. The highest BCUT2D eigenvalue weighted by Crippen LogP contribution is 2.48. The van der Waals surface area contributed by atoms with E-state index in [0.717, 1.165) is 36.7 Å². The molecule has 0 bridgehead atoms. The van der Waals surface area contributed by atoms with E-state index in [4.69, 9.17) is 10.5 Å². The minimum absolute atomic E-state index is 0.0954. The quantitative estimate of drug-likeness (QED) is 0.867. The van der Waals surface area contributed by atoms with Gasteiger partial charge in [0.2, 0.25) is 0 Å². The highest BCUT2D eigenvalue weighted by atomic mass is 16.5. The lowest BCUT2D eigenvalue weighted by molar-refractivity contribution is 0.181. The lowest BCUT2D eigenvalue weighted by Gasteiger charge is -2.50. The predicted molar refractivity (Wildman–Crippen MR) is 73.1 cm³/mol. The Morgan fingerprint density at radius 1 is 1.39 bits per heavy atom. The number of rotatable bonds is 2. The molecule has 1 saturated carbocycles. The van der Waals surface area contributed by atoms with Gasteiger partial charge < -0.3 is 15.4 Å². The van der Waals surface area contributed by atoms with Crippen LogP contribution in [0.5, 0.6) is 5.75 Å². The molecule has 4 heteroatoms. The normalized spacial score (nSPS) is 30.2. The Morgan fingerprint density at radius 2 is 2.11 bits per heavy atom. The van der Waals surface area contributed by atoms with E-state index in [1.165, 1.54) is 0 Å². The molecule has 0 unspecified atom stereocenters. The van der Waals surface area contributed by atoms with Gasteiger partial charge in [0.1, 0.15) is 5.75 Å². The smallest absolute Gasteiger partial charge is 0.196 e. The van der Waals surface area contributed by atoms with Gasteiger partial charge in [0, 0.05) is 0 Å². The second kappa shape index (κ2) is 3.90. The molecular weight excluding hydrogens is 226 g/mol. The number of hydrogen-bond acceptors (Lipinski definition) is 4. The van der Waals surface area contributed by atoms with Crippen LogP contribution in [0.2, 0.25) is 0 Å². The van der Waals surface area contributed by atoms with Gasteiger partial charge in [0.25, 0.3) is 0 Å². The van der Waals surface area contributed by atoms with Crippen LogP contribution in [0.3, 0.4) is 0 Å². The average molecular weight is 245 g/mol. The van der Waals surface area contributed by atoms with Gasteiger partial charge >= 0.3 is 0 Å². The fourth-order valence-corrected chi connectivity index (χ4v) is 3.36. The van der Waals surface area contributed by atoms with Crippen LogP contribution in [0.4, 0.5) is 5.69 Å². The Kier molecular flexibility index (Phi) is 2.47. The van der Waals surface area contributed by atoms with E-state index in [1.807, 2.05) is 18.2 Å². The standard InChI is InChI=1S/C14H19N3O/c1-10-7-14(8-10)9-16-13(15)17(14)11-5-3-4-6-12(11)18-2/h3-6,10H,7-9H2,1-2H3,(H2,15,16). The van der Waals surface area contributed by atoms with Crippen LogP contribution >= 0.6 is 0 Å². The summed E-state index contributed by atoms with van der Waals surface area (Å²) in [6, 6.07) is 8.01. The van der Waals surface area contributed by atoms with E-state index in [0.29, 0.717) is 5.96 Å². The van der Waals surface area contributed by atoms with Crippen molar-refractivity contribution in [3.63, 3.8) is 0 Å². The molecule has 1 aliphatic heterocycles. The van der Waals surface area contributed by atoms with Crippen LogP contribution in [-0.4, -0.2) is 25.2 Å². The number of para-hydroxylation sites is 2. The maximum atomic E-state index is 6.09. The molecule has 1 aromatic rings. The fourth-order valence-electron chi connectivity index (χ4n) is 3.36. The molecule has 0 aromatic heterocycles. The molecule has 1 fully saturated rings. The topological polar surface area (TPSA) is 50.9 Å². The first-order valence-corrected chi connectivity index (χ1v) is 6.39. The Balaban J connectivity index is 2.01. The molecule has 0 radical (unpaired) electrons. The minimum Gasteiger partial charge on any atom is -0.495 e. The summed E-state index contributed by atoms with van der Waals surface area (Å²) >= 11 is 0. The molecule has 1 heterocycles. The van der Waals surface area contributed by atoms with Crippen LogP contribution in [0.25, 0.3) is 0 Å². The third-order valence-electron chi connectivity index (χ3n) is 4.02. The molecule has 1 spiro atoms. The Morgan fingerprint density at radius 3 is 2.78 bits per heavy atom. The van der Waals surface area contributed by atoms with Gasteiger partial charge in [-0.2, -0.15) is 0 Å². The average Bonchev–Trinajstić information content (AvgIpc) is 2.67. The SMILES string of the molecule is COc1ccccc1N1C(N)=NCC12CC(C)C2. The molecule has 1 aliphatic carbocycles. The molecule has 3 rings (SSSR count). The Bertz CT molecular complexity index is 492. The number of nitrogens with zero attached hydrogens (tertiary/aromatic N) is 2. The van der Waals surface area contributed by atoms with Crippen LogP contribution in [0.15, 0.2) is 29.3 Å². The molecule has 96 valence electrons. The van der Waals surface area contributed by atoms with Crippen LogP contribution in [0.1, 0.15) is 19.8 Å².